The Morgan fingerprint density at radius 1 is 1.06 bits per heavy atom. The van der Waals surface area contributed by atoms with Gasteiger partial charge in [-0.05, 0) is 41.7 Å². The zero-order valence-electron chi connectivity index (χ0n) is 12.4. The third kappa shape index (κ3) is 2.61. The van der Waals surface area contributed by atoms with Crippen molar-refractivity contribution in [2.45, 2.75) is 64.9 Å². The van der Waals surface area contributed by atoms with Crippen LogP contribution in [0.1, 0.15) is 58.6 Å². The molecule has 1 aromatic rings. The van der Waals surface area contributed by atoms with E-state index in [1.807, 2.05) is 6.92 Å². The molecule has 100 valence electrons. The second kappa shape index (κ2) is 4.09. The lowest BCUT2D eigenvalue weighted by molar-refractivity contribution is -0.00702. The first-order valence-electron chi connectivity index (χ1n) is 6.96. The van der Waals surface area contributed by atoms with Crippen molar-refractivity contribution >= 4 is 0 Å². The number of benzene rings is 1. The molecular formula is C17H26O. The number of hydrogen-bond acceptors (Lipinski definition) is 1. The molecule has 0 saturated heterocycles. The van der Waals surface area contributed by atoms with E-state index in [1.54, 1.807) is 0 Å². The monoisotopic (exact) mass is 246 g/mol. The lowest BCUT2D eigenvalue weighted by atomic mass is 9.81. The van der Waals surface area contributed by atoms with E-state index < -0.39 is 5.60 Å². The minimum Gasteiger partial charge on any atom is -0.389 e. The molecule has 18 heavy (non-hydrogen) atoms. The SMILES string of the molecule is CC(C)(C)c1ccc(CC(C)(O)C2(C)CC2)cc1. The van der Waals surface area contributed by atoms with E-state index in [2.05, 4.69) is 52.0 Å². The third-order valence-corrected chi connectivity index (χ3v) is 4.67. The van der Waals surface area contributed by atoms with Crippen molar-refractivity contribution in [2.75, 3.05) is 0 Å². The molecule has 2 rings (SSSR count). The van der Waals surface area contributed by atoms with Crippen molar-refractivity contribution in [1.29, 1.82) is 0 Å². The fraction of sp³-hybridized carbons (Fsp3) is 0.647. The van der Waals surface area contributed by atoms with Gasteiger partial charge < -0.3 is 5.11 Å². The van der Waals surface area contributed by atoms with Gasteiger partial charge in [0, 0.05) is 6.42 Å². The van der Waals surface area contributed by atoms with Crippen LogP contribution in [0.4, 0.5) is 0 Å². The van der Waals surface area contributed by atoms with Crippen LogP contribution in [0.2, 0.25) is 0 Å². The van der Waals surface area contributed by atoms with Crippen molar-refractivity contribution < 1.29 is 5.11 Å². The fourth-order valence-corrected chi connectivity index (χ4v) is 2.46. The zero-order chi connectivity index (χ0) is 13.6. The lowest BCUT2D eigenvalue weighted by Gasteiger charge is -2.31. The van der Waals surface area contributed by atoms with Crippen LogP contribution in [0.5, 0.6) is 0 Å². The van der Waals surface area contributed by atoms with Gasteiger partial charge in [0.25, 0.3) is 0 Å². The van der Waals surface area contributed by atoms with E-state index in [-0.39, 0.29) is 10.8 Å². The minimum atomic E-state index is -0.573. The summed E-state index contributed by atoms with van der Waals surface area (Å²) in [6.07, 6.45) is 3.06. The van der Waals surface area contributed by atoms with Crippen LogP contribution in [0.15, 0.2) is 24.3 Å². The van der Waals surface area contributed by atoms with Gasteiger partial charge in [0.05, 0.1) is 5.60 Å². The first kappa shape index (κ1) is 13.6. The second-order valence-corrected chi connectivity index (χ2v) is 7.46. The van der Waals surface area contributed by atoms with E-state index in [9.17, 15) is 5.11 Å². The summed E-state index contributed by atoms with van der Waals surface area (Å²) in [6.45, 7) is 10.9. The van der Waals surface area contributed by atoms with Crippen molar-refractivity contribution in [3.63, 3.8) is 0 Å². The average molecular weight is 246 g/mol. The van der Waals surface area contributed by atoms with Crippen LogP contribution >= 0.6 is 0 Å². The molecule has 1 heteroatoms. The largest absolute Gasteiger partial charge is 0.389 e. The molecule has 0 amide bonds. The van der Waals surface area contributed by atoms with E-state index >= 15 is 0 Å². The first-order valence-corrected chi connectivity index (χ1v) is 6.96. The molecule has 0 radical (unpaired) electrons. The van der Waals surface area contributed by atoms with Crippen LogP contribution < -0.4 is 0 Å². The van der Waals surface area contributed by atoms with Crippen molar-refractivity contribution in [2.24, 2.45) is 5.41 Å². The van der Waals surface area contributed by atoms with Crippen LogP contribution in [0, 0.1) is 5.41 Å². The molecule has 0 aromatic heterocycles. The molecular weight excluding hydrogens is 220 g/mol. The maximum atomic E-state index is 10.6. The summed E-state index contributed by atoms with van der Waals surface area (Å²) in [5, 5.41) is 10.6. The Balaban J connectivity index is 2.12. The maximum absolute atomic E-state index is 10.6. The summed E-state index contributed by atoms with van der Waals surface area (Å²) in [7, 11) is 0. The first-order chi connectivity index (χ1) is 8.14. The van der Waals surface area contributed by atoms with Gasteiger partial charge in [-0.25, -0.2) is 0 Å². The Labute approximate surface area is 111 Å². The molecule has 1 unspecified atom stereocenters. The molecule has 1 N–H and O–H groups in total. The molecule has 0 heterocycles. The Morgan fingerprint density at radius 2 is 1.56 bits per heavy atom. The highest BCUT2D eigenvalue weighted by Crippen LogP contribution is 2.54. The highest BCUT2D eigenvalue weighted by atomic mass is 16.3. The fourth-order valence-electron chi connectivity index (χ4n) is 2.46. The number of aliphatic hydroxyl groups is 1. The predicted octanol–water partition coefficient (Wildman–Crippen LogP) is 4.08. The van der Waals surface area contributed by atoms with Gasteiger partial charge in [-0.1, -0.05) is 52.0 Å². The summed E-state index contributed by atoms with van der Waals surface area (Å²) >= 11 is 0. The van der Waals surface area contributed by atoms with Gasteiger partial charge in [-0.15, -0.1) is 0 Å². The normalized spacial score (nSPS) is 21.4. The zero-order valence-corrected chi connectivity index (χ0v) is 12.4. The second-order valence-electron chi connectivity index (χ2n) is 7.46. The molecule has 1 nitrogen and oxygen atoms in total. The summed E-state index contributed by atoms with van der Waals surface area (Å²) in [5.41, 5.74) is 2.35. The van der Waals surface area contributed by atoms with Crippen molar-refractivity contribution in [3.05, 3.63) is 35.4 Å². The van der Waals surface area contributed by atoms with Gasteiger partial charge in [0.2, 0.25) is 0 Å². The Kier molecular flexibility index (Phi) is 3.09. The van der Waals surface area contributed by atoms with E-state index in [0.29, 0.717) is 0 Å². The maximum Gasteiger partial charge on any atom is 0.0713 e. The number of hydrogen-bond donors (Lipinski definition) is 1. The molecule has 1 saturated carbocycles. The van der Waals surface area contributed by atoms with Crippen LogP contribution in [-0.4, -0.2) is 10.7 Å². The minimum absolute atomic E-state index is 0.135. The van der Waals surface area contributed by atoms with E-state index in [1.165, 1.54) is 11.1 Å². The Bertz CT molecular complexity index is 416. The highest BCUT2D eigenvalue weighted by molar-refractivity contribution is 5.29. The van der Waals surface area contributed by atoms with Crippen molar-refractivity contribution in [1.82, 2.24) is 0 Å². The van der Waals surface area contributed by atoms with Crippen molar-refractivity contribution in [3.8, 4) is 0 Å². The van der Waals surface area contributed by atoms with Crippen LogP contribution in [0.3, 0.4) is 0 Å². The average Bonchev–Trinajstić information content (AvgIpc) is 2.97. The summed E-state index contributed by atoms with van der Waals surface area (Å²) in [4.78, 5) is 0. The molecule has 1 aromatic carbocycles. The summed E-state index contributed by atoms with van der Waals surface area (Å²) in [6, 6.07) is 8.73. The quantitative estimate of drug-likeness (QED) is 0.852. The standard InChI is InChI=1S/C17H26O/c1-15(2,3)14-8-6-13(7-9-14)12-17(5,18)16(4)10-11-16/h6-9,18H,10-12H2,1-5H3. The van der Waals surface area contributed by atoms with Gasteiger partial charge in [-0.3, -0.25) is 0 Å². The molecule has 1 aliphatic carbocycles. The predicted molar refractivity (Wildman–Crippen MR) is 76.8 cm³/mol. The number of rotatable bonds is 3. The third-order valence-electron chi connectivity index (χ3n) is 4.67. The molecule has 0 aliphatic heterocycles. The molecule has 1 fully saturated rings. The van der Waals surface area contributed by atoms with Gasteiger partial charge in [0.1, 0.15) is 0 Å². The van der Waals surface area contributed by atoms with Crippen LogP contribution in [-0.2, 0) is 11.8 Å². The molecule has 0 bridgehead atoms. The van der Waals surface area contributed by atoms with Gasteiger partial charge in [-0.2, -0.15) is 0 Å². The molecule has 1 aliphatic rings. The summed E-state index contributed by atoms with van der Waals surface area (Å²) < 4.78 is 0. The smallest absolute Gasteiger partial charge is 0.0713 e. The molecule has 1 atom stereocenters. The Morgan fingerprint density at radius 3 is 1.94 bits per heavy atom. The Hall–Kier alpha value is -0.820. The topological polar surface area (TPSA) is 20.2 Å². The van der Waals surface area contributed by atoms with Gasteiger partial charge in [0.15, 0.2) is 0 Å². The lowest BCUT2D eigenvalue weighted by Crippen LogP contribution is -2.36. The van der Waals surface area contributed by atoms with Crippen LogP contribution in [0.25, 0.3) is 0 Å². The summed E-state index contributed by atoms with van der Waals surface area (Å²) in [5.74, 6) is 0. The highest BCUT2D eigenvalue weighted by Gasteiger charge is 2.51. The van der Waals surface area contributed by atoms with Gasteiger partial charge >= 0.3 is 0 Å². The molecule has 0 spiro atoms. The van der Waals surface area contributed by atoms with E-state index in [0.717, 1.165) is 19.3 Å². The van der Waals surface area contributed by atoms with E-state index in [4.69, 9.17) is 0 Å².